The SMILES string of the molecule is CC.CCC(=O)NCCC(CCCP)C(=O)NC.CCC(=O)NCCN(CCCP)C(=O)CC.CCC(=O)O.CCCC(CCCC(=O)NC)C(=O)NC.CCCC(CCCC(=O)NC)C(=O)NC.CNC(=O)CCCC(CCCF)C(=O)NC.I.I.II.II.NCCNCCCP.O=C(O)CCC(CCCP)C(=O)O. The number of carbonyl (C=O) groups excluding carboxylic acids is 10. The summed E-state index contributed by atoms with van der Waals surface area (Å²) >= 11 is 8.48. The van der Waals surface area contributed by atoms with Gasteiger partial charge in [-0.3, -0.25) is 66.7 Å². The Morgan fingerprint density at radius 1 is 0.375 bits per heavy atom. The molecule has 0 aliphatic heterocycles. The van der Waals surface area contributed by atoms with Crippen LogP contribution in [0.1, 0.15) is 235 Å². The van der Waals surface area contributed by atoms with Gasteiger partial charge in [0.15, 0.2) is 0 Å². The van der Waals surface area contributed by atoms with Gasteiger partial charge < -0.3 is 79.1 Å². The van der Waals surface area contributed by atoms with Crippen LogP contribution in [0.5, 0.6) is 0 Å². The van der Waals surface area contributed by atoms with Crippen LogP contribution in [0.2, 0.25) is 0 Å². The van der Waals surface area contributed by atoms with E-state index in [1.165, 1.54) is 12.6 Å². The third-order valence-corrected chi connectivity index (χ3v) is 17.0. The lowest BCUT2D eigenvalue weighted by molar-refractivity contribution is -0.143. The maximum Gasteiger partial charge on any atom is 0.306 e. The van der Waals surface area contributed by atoms with Gasteiger partial charge in [0.25, 0.3) is 0 Å². The van der Waals surface area contributed by atoms with Crippen molar-refractivity contribution in [1.82, 2.24) is 58.1 Å². The molecule has 0 aliphatic rings. The van der Waals surface area contributed by atoms with Gasteiger partial charge in [-0.25, -0.2) is 0 Å². The first kappa shape index (κ1) is 140. The van der Waals surface area contributed by atoms with Crippen LogP contribution in [0.3, 0.4) is 0 Å². The number of carbonyl (C=O) groups is 13. The summed E-state index contributed by atoms with van der Waals surface area (Å²) in [4.78, 5) is 144. The minimum atomic E-state index is -0.933. The second-order valence-electron chi connectivity index (χ2n) is 23.7. The van der Waals surface area contributed by atoms with Crippen LogP contribution in [-0.2, 0) is 62.3 Å². The number of amides is 10. The second-order valence-corrected chi connectivity index (χ2v) is 26.0. The molecule has 28 nitrogen and oxygen atoms in total. The van der Waals surface area contributed by atoms with E-state index in [1.54, 1.807) is 56.3 Å². The van der Waals surface area contributed by atoms with Crippen molar-refractivity contribution in [3.8, 4) is 0 Å². The number of hydrogen-bond acceptors (Lipinski definition) is 15. The maximum atomic E-state index is 12.0. The Bertz CT molecular complexity index is 2070. The van der Waals surface area contributed by atoms with Gasteiger partial charge in [0, 0.05) is 238 Å². The van der Waals surface area contributed by atoms with Crippen molar-refractivity contribution in [1.29, 1.82) is 0 Å². The molecule has 10 amide bonds. The van der Waals surface area contributed by atoms with E-state index in [0.717, 1.165) is 128 Å². The fourth-order valence-electron chi connectivity index (χ4n) is 9.07. The average molecular weight is 2360 g/mol. The van der Waals surface area contributed by atoms with E-state index in [0.29, 0.717) is 90.3 Å². The van der Waals surface area contributed by atoms with Crippen LogP contribution < -0.4 is 58.9 Å². The van der Waals surface area contributed by atoms with E-state index in [9.17, 15) is 66.7 Å². The Hall–Kier alpha value is -0.940. The van der Waals surface area contributed by atoms with Crippen molar-refractivity contribution in [3.63, 3.8) is 0 Å². The third-order valence-electron chi connectivity index (χ3n) is 15.3. The monoisotopic (exact) mass is 2360 g/mol. The predicted octanol–water partition coefficient (Wildman–Crippen LogP) is 12.4. The van der Waals surface area contributed by atoms with Crippen molar-refractivity contribution in [2.45, 2.75) is 235 Å². The molecule has 9 unspecified atom stereocenters. The smallest absolute Gasteiger partial charge is 0.306 e. The van der Waals surface area contributed by atoms with Crippen LogP contribution in [0.4, 0.5) is 4.39 Å². The van der Waals surface area contributed by atoms with E-state index >= 15 is 0 Å². The summed E-state index contributed by atoms with van der Waals surface area (Å²) in [7, 11) is 21.9. The summed E-state index contributed by atoms with van der Waals surface area (Å²) < 4.78 is 12.0. The van der Waals surface area contributed by atoms with Crippen LogP contribution in [0.25, 0.3) is 0 Å². The Morgan fingerprint density at radius 3 is 0.991 bits per heavy atom. The number of hydrogen-bond donors (Lipinski definition) is 14. The summed E-state index contributed by atoms with van der Waals surface area (Å²) in [6.07, 6.45) is 22.7. The van der Waals surface area contributed by atoms with Crippen molar-refractivity contribution < 1.29 is 82.0 Å². The topological polar surface area (TPSA) is 432 Å². The Labute approximate surface area is 765 Å². The summed E-state index contributed by atoms with van der Waals surface area (Å²) in [6.45, 7) is 20.1. The summed E-state index contributed by atoms with van der Waals surface area (Å²) in [5.74, 6) is -2.62. The summed E-state index contributed by atoms with van der Waals surface area (Å²) in [6, 6.07) is 0. The lowest BCUT2D eigenvalue weighted by Crippen LogP contribution is -2.38. The van der Waals surface area contributed by atoms with Gasteiger partial charge in [-0.1, -0.05) is 68.2 Å². The Kier molecular flexibility index (Phi) is 145. The molecule has 0 saturated heterocycles. The predicted molar refractivity (Wildman–Crippen MR) is 529 cm³/mol. The molecule has 0 fully saturated rings. The lowest BCUT2D eigenvalue weighted by Gasteiger charge is -2.22. The molecular formula is C73H155FI6N12O16P4. The number of aliphatic carboxylic acids is 3. The average Bonchev–Trinajstić information content (AvgIpc) is 0.972. The van der Waals surface area contributed by atoms with E-state index in [-0.39, 0.29) is 150 Å². The highest BCUT2D eigenvalue weighted by atomic mass is 128. The number of halogens is 7. The van der Waals surface area contributed by atoms with Crippen molar-refractivity contribution >= 4 is 236 Å². The van der Waals surface area contributed by atoms with E-state index in [2.05, 4.69) is 178 Å². The fourth-order valence-corrected chi connectivity index (χ4v) is 9.93. The van der Waals surface area contributed by atoms with Gasteiger partial charge in [0.05, 0.1) is 12.6 Å². The van der Waals surface area contributed by atoms with Gasteiger partial charge in [-0.15, -0.1) is 84.9 Å². The minimum Gasteiger partial charge on any atom is -0.481 e. The first-order chi connectivity index (χ1) is 52.5. The van der Waals surface area contributed by atoms with Crippen molar-refractivity contribution in [3.05, 3.63) is 0 Å². The molecule has 39 heteroatoms. The van der Waals surface area contributed by atoms with Gasteiger partial charge in [0.2, 0.25) is 59.1 Å². The third kappa shape index (κ3) is 111. The number of carboxylic acids is 3. The minimum absolute atomic E-state index is 0. The first-order valence-electron chi connectivity index (χ1n) is 38.5. The van der Waals surface area contributed by atoms with E-state index in [4.69, 9.17) is 21.1 Å². The normalized spacial score (nSPS) is 10.7. The second kappa shape index (κ2) is 116. The zero-order valence-corrected chi connectivity index (χ0v) is 88.3. The molecular weight excluding hydrogens is 2210 g/mol. The summed E-state index contributed by atoms with van der Waals surface area (Å²) in [5, 5.41) is 51.8. The van der Waals surface area contributed by atoms with Crippen LogP contribution in [0.15, 0.2) is 0 Å². The van der Waals surface area contributed by atoms with Crippen LogP contribution in [-0.4, -0.2) is 224 Å². The highest BCUT2D eigenvalue weighted by molar-refractivity contribution is 15.0. The molecule has 0 aromatic carbocycles. The standard InChI is InChI=1S/C11H21FN2O2.2C11H23N2O2P.2C11H22N2O2.C8H15O4P.C5H15N2P.C3H6O2.C2H6.2I2.2HI/c1-13-10(15)7-3-5-9(6-4-8-12)11(16)14-2;1-3-10(14)13-7-6-9(5-4-8-16)11(15)12-2;1-3-10(14)12-6-8-13(7-5-9-16)11(15)4-2;2*1-4-6-9(11(15)13-3)7-5-8-10(14)12-2;9-7(10)4-3-6(8(11)12)2-1-5-13;6-2-4-7-3-1-5-8;1-2-3(4)5;3*1-2;;/h9H,3-8H2,1-2H3,(H,13,15)(H,14,16);9H,3-8,16H2,1-2H3,(H,12,15)(H,13,14);3-9,16H2,1-2H3,(H,12,14);2*9H,4-8H2,1-3H3,(H,12,14)(H,13,15);6H,1-5,13H2,(H,9,10)(H,11,12);7H,1-6,8H2;2H2,1H3,(H,4,5);1-2H3;;;2*1H. The lowest BCUT2D eigenvalue weighted by atomic mass is 9.96. The molecule has 0 bridgehead atoms. The number of rotatable bonds is 51. The Morgan fingerprint density at radius 2 is 0.705 bits per heavy atom. The molecule has 0 radical (unpaired) electrons. The molecule has 672 valence electrons. The quantitative estimate of drug-likeness (QED) is 0.0153. The van der Waals surface area contributed by atoms with Gasteiger partial charge in [0.1, 0.15) is 0 Å². The first-order valence-corrected chi connectivity index (χ1v) is 54.4. The van der Waals surface area contributed by atoms with Crippen molar-refractivity contribution in [2.75, 3.05) is 126 Å². The van der Waals surface area contributed by atoms with Crippen molar-refractivity contribution in [2.24, 2.45) is 35.3 Å². The molecule has 112 heavy (non-hydrogen) atoms. The highest BCUT2D eigenvalue weighted by Crippen LogP contribution is 2.19. The highest BCUT2D eigenvalue weighted by Gasteiger charge is 2.21. The number of carboxylic acid groups (broad SMARTS) is 3. The molecule has 0 aromatic rings. The number of nitrogens with zero attached hydrogens (tertiary/aromatic N) is 1. The van der Waals surface area contributed by atoms with Gasteiger partial charge in [-0.2, -0.15) is 0 Å². The molecule has 0 aromatic heterocycles. The van der Waals surface area contributed by atoms with Crippen LogP contribution in [0, 0.1) is 29.6 Å². The molecule has 9 atom stereocenters. The largest absolute Gasteiger partial charge is 0.481 e. The maximum absolute atomic E-state index is 12.0. The van der Waals surface area contributed by atoms with Gasteiger partial charge in [-0.05, 0) is 147 Å². The summed E-state index contributed by atoms with van der Waals surface area (Å²) in [5.41, 5.74) is 5.24. The Balaban J connectivity index is -0.0000000910. The molecule has 0 aliphatic carbocycles. The molecule has 0 rings (SSSR count). The number of nitrogens with one attached hydrogen (secondary N) is 10. The zero-order chi connectivity index (χ0) is 87.3. The molecule has 0 saturated carbocycles. The van der Waals surface area contributed by atoms with E-state index < -0.39 is 30.5 Å². The number of alkyl halides is 1. The number of nitrogens with two attached hydrogens (primary N) is 1. The fraction of sp³-hybridized carbons (Fsp3) is 0.822. The molecule has 15 N–H and O–H groups in total. The molecule has 0 heterocycles. The van der Waals surface area contributed by atoms with Crippen LogP contribution >= 0.6 is 159 Å². The molecule has 0 spiro atoms. The van der Waals surface area contributed by atoms with Gasteiger partial charge >= 0.3 is 17.9 Å². The van der Waals surface area contributed by atoms with E-state index in [1.807, 2.05) is 39.5 Å². The zero-order valence-electron chi connectivity index (χ0n) is 70.4.